The third-order valence-electron chi connectivity index (χ3n) is 3.41. The number of aryl methyl sites for hydroxylation is 1. The molecule has 1 rings (SSSR count). The number of benzene rings is 1. The van der Waals surface area contributed by atoms with Crippen LogP contribution in [0.4, 0.5) is 0 Å². The first-order valence-corrected chi connectivity index (χ1v) is 7.95. The molecule has 1 N–H and O–H groups in total. The van der Waals surface area contributed by atoms with E-state index in [1.807, 2.05) is 0 Å². The molecule has 0 heterocycles. The summed E-state index contributed by atoms with van der Waals surface area (Å²) in [5.74, 6) is 1.28. The van der Waals surface area contributed by atoms with Gasteiger partial charge in [0, 0.05) is 13.2 Å². The Morgan fingerprint density at radius 1 is 1.25 bits per heavy atom. The Kier molecular flexibility index (Phi) is 8.56. The largest absolute Gasteiger partial charge is 0.381 e. The van der Waals surface area contributed by atoms with Crippen molar-refractivity contribution < 1.29 is 4.74 Å². The average molecular weight is 277 g/mol. The molecule has 1 atom stereocenters. The molecule has 0 aliphatic heterocycles. The standard InChI is InChI=1S/C18H31NO/c1-5-19-13-18(9-10-20-14-15(2)3)12-17-8-6-7-16(4)11-17/h6-8,11,15,18-19H,5,9-10,12-14H2,1-4H3. The zero-order valence-corrected chi connectivity index (χ0v) is 13.6. The maximum Gasteiger partial charge on any atom is 0.0488 e. The van der Waals surface area contributed by atoms with Crippen LogP contribution in [0, 0.1) is 18.8 Å². The summed E-state index contributed by atoms with van der Waals surface area (Å²) < 4.78 is 5.74. The lowest BCUT2D eigenvalue weighted by atomic mass is 9.95. The zero-order chi connectivity index (χ0) is 14.8. The fourth-order valence-electron chi connectivity index (χ4n) is 2.37. The molecule has 0 aromatic heterocycles. The molecule has 114 valence electrons. The fraction of sp³-hybridized carbons (Fsp3) is 0.667. The minimum absolute atomic E-state index is 0.624. The van der Waals surface area contributed by atoms with Crippen LogP contribution in [0.25, 0.3) is 0 Å². The highest BCUT2D eigenvalue weighted by Crippen LogP contribution is 2.14. The van der Waals surface area contributed by atoms with Gasteiger partial charge in [0.1, 0.15) is 0 Å². The van der Waals surface area contributed by atoms with Gasteiger partial charge in [0.25, 0.3) is 0 Å². The summed E-state index contributed by atoms with van der Waals surface area (Å²) in [5, 5.41) is 3.48. The molecule has 0 amide bonds. The van der Waals surface area contributed by atoms with Crippen molar-refractivity contribution in [2.24, 2.45) is 11.8 Å². The van der Waals surface area contributed by atoms with Crippen LogP contribution in [0.2, 0.25) is 0 Å². The molecule has 0 aliphatic carbocycles. The van der Waals surface area contributed by atoms with Gasteiger partial charge in [-0.3, -0.25) is 0 Å². The van der Waals surface area contributed by atoms with Crippen molar-refractivity contribution in [3.8, 4) is 0 Å². The second-order valence-corrected chi connectivity index (χ2v) is 6.12. The van der Waals surface area contributed by atoms with Gasteiger partial charge in [-0.2, -0.15) is 0 Å². The normalized spacial score (nSPS) is 12.8. The highest BCUT2D eigenvalue weighted by molar-refractivity contribution is 5.22. The molecule has 0 fully saturated rings. The van der Waals surface area contributed by atoms with Gasteiger partial charge in [-0.25, -0.2) is 0 Å². The third-order valence-corrected chi connectivity index (χ3v) is 3.41. The smallest absolute Gasteiger partial charge is 0.0488 e. The Bertz CT molecular complexity index is 362. The molecule has 0 radical (unpaired) electrons. The lowest BCUT2D eigenvalue weighted by Gasteiger charge is -2.18. The molecule has 1 aromatic carbocycles. The molecule has 0 saturated carbocycles. The number of nitrogens with one attached hydrogen (secondary N) is 1. The molecular weight excluding hydrogens is 246 g/mol. The van der Waals surface area contributed by atoms with Crippen molar-refractivity contribution >= 4 is 0 Å². The minimum atomic E-state index is 0.624. The predicted molar refractivity (Wildman–Crippen MR) is 87.2 cm³/mol. The first kappa shape index (κ1) is 17.2. The predicted octanol–water partition coefficient (Wildman–Crippen LogP) is 3.83. The van der Waals surface area contributed by atoms with E-state index in [-0.39, 0.29) is 0 Å². The third kappa shape index (κ3) is 7.66. The number of ether oxygens (including phenoxy) is 1. The minimum Gasteiger partial charge on any atom is -0.381 e. The van der Waals surface area contributed by atoms with E-state index in [4.69, 9.17) is 4.74 Å². The van der Waals surface area contributed by atoms with Gasteiger partial charge in [0.2, 0.25) is 0 Å². The first-order chi connectivity index (χ1) is 9.61. The molecule has 0 bridgehead atoms. The summed E-state index contributed by atoms with van der Waals surface area (Å²) in [5.41, 5.74) is 2.79. The Morgan fingerprint density at radius 3 is 2.70 bits per heavy atom. The molecule has 0 aliphatic rings. The summed E-state index contributed by atoms with van der Waals surface area (Å²) in [7, 11) is 0. The SMILES string of the molecule is CCNCC(CCOCC(C)C)Cc1cccc(C)c1. The van der Waals surface area contributed by atoms with Gasteiger partial charge in [-0.1, -0.05) is 50.6 Å². The Hall–Kier alpha value is -0.860. The van der Waals surface area contributed by atoms with Gasteiger partial charge in [0.15, 0.2) is 0 Å². The fourth-order valence-corrected chi connectivity index (χ4v) is 2.37. The summed E-state index contributed by atoms with van der Waals surface area (Å²) in [6.07, 6.45) is 2.27. The molecule has 0 saturated heterocycles. The van der Waals surface area contributed by atoms with E-state index in [1.54, 1.807) is 0 Å². The lowest BCUT2D eigenvalue weighted by Crippen LogP contribution is -2.25. The molecule has 0 spiro atoms. The van der Waals surface area contributed by atoms with Crippen molar-refractivity contribution in [2.75, 3.05) is 26.3 Å². The van der Waals surface area contributed by atoms with E-state index >= 15 is 0 Å². The Morgan fingerprint density at radius 2 is 2.05 bits per heavy atom. The lowest BCUT2D eigenvalue weighted by molar-refractivity contribution is 0.0976. The van der Waals surface area contributed by atoms with Crippen molar-refractivity contribution in [1.29, 1.82) is 0 Å². The zero-order valence-electron chi connectivity index (χ0n) is 13.6. The molecule has 1 unspecified atom stereocenters. The molecule has 20 heavy (non-hydrogen) atoms. The van der Waals surface area contributed by atoms with Gasteiger partial charge in [-0.05, 0) is 50.3 Å². The van der Waals surface area contributed by atoms with Crippen molar-refractivity contribution in [1.82, 2.24) is 5.32 Å². The maximum atomic E-state index is 5.74. The number of rotatable bonds is 10. The van der Waals surface area contributed by atoms with Crippen molar-refractivity contribution in [3.63, 3.8) is 0 Å². The summed E-state index contributed by atoms with van der Waals surface area (Å²) in [6.45, 7) is 12.6. The first-order valence-electron chi connectivity index (χ1n) is 7.95. The molecular formula is C18H31NO. The van der Waals surface area contributed by atoms with E-state index in [2.05, 4.69) is 57.3 Å². The second kappa shape index (κ2) is 9.95. The Balaban J connectivity index is 2.42. The number of hydrogen-bond donors (Lipinski definition) is 1. The van der Waals surface area contributed by atoms with Crippen LogP contribution in [0.15, 0.2) is 24.3 Å². The van der Waals surface area contributed by atoms with Gasteiger partial charge in [0.05, 0.1) is 0 Å². The van der Waals surface area contributed by atoms with Crippen LogP contribution in [-0.4, -0.2) is 26.3 Å². The van der Waals surface area contributed by atoms with Crippen LogP contribution >= 0.6 is 0 Å². The number of hydrogen-bond acceptors (Lipinski definition) is 2. The van der Waals surface area contributed by atoms with Crippen LogP contribution in [0.1, 0.15) is 38.3 Å². The van der Waals surface area contributed by atoms with E-state index in [0.717, 1.165) is 39.1 Å². The van der Waals surface area contributed by atoms with Crippen molar-refractivity contribution in [2.45, 2.75) is 40.5 Å². The highest BCUT2D eigenvalue weighted by atomic mass is 16.5. The molecule has 1 aromatic rings. The van der Waals surface area contributed by atoms with Gasteiger partial charge >= 0.3 is 0 Å². The second-order valence-electron chi connectivity index (χ2n) is 6.12. The van der Waals surface area contributed by atoms with E-state index < -0.39 is 0 Å². The maximum absolute atomic E-state index is 5.74. The van der Waals surface area contributed by atoms with Gasteiger partial charge in [-0.15, -0.1) is 0 Å². The Labute approximate surface area is 124 Å². The summed E-state index contributed by atoms with van der Waals surface area (Å²) in [4.78, 5) is 0. The summed E-state index contributed by atoms with van der Waals surface area (Å²) in [6, 6.07) is 8.85. The molecule has 2 heteroatoms. The topological polar surface area (TPSA) is 21.3 Å². The summed E-state index contributed by atoms with van der Waals surface area (Å²) >= 11 is 0. The van der Waals surface area contributed by atoms with E-state index in [9.17, 15) is 0 Å². The van der Waals surface area contributed by atoms with Gasteiger partial charge < -0.3 is 10.1 Å². The van der Waals surface area contributed by atoms with Crippen molar-refractivity contribution in [3.05, 3.63) is 35.4 Å². The monoisotopic (exact) mass is 277 g/mol. The van der Waals surface area contributed by atoms with Crippen LogP contribution in [0.5, 0.6) is 0 Å². The van der Waals surface area contributed by atoms with E-state index in [1.165, 1.54) is 11.1 Å². The van der Waals surface area contributed by atoms with Crippen LogP contribution in [0.3, 0.4) is 0 Å². The highest BCUT2D eigenvalue weighted by Gasteiger charge is 2.10. The average Bonchev–Trinajstić information content (AvgIpc) is 2.40. The quantitative estimate of drug-likeness (QED) is 0.656. The van der Waals surface area contributed by atoms with E-state index in [0.29, 0.717) is 11.8 Å². The molecule has 2 nitrogen and oxygen atoms in total. The van der Waals surface area contributed by atoms with Crippen LogP contribution in [-0.2, 0) is 11.2 Å². The van der Waals surface area contributed by atoms with Crippen LogP contribution < -0.4 is 5.32 Å².